The van der Waals surface area contributed by atoms with Crippen molar-refractivity contribution in [1.82, 2.24) is 10.2 Å². The van der Waals surface area contributed by atoms with Crippen LogP contribution in [-0.4, -0.2) is 16.8 Å². The number of benzene rings is 1. The molecule has 0 spiro atoms. The van der Waals surface area contributed by atoms with Crippen LogP contribution in [0.2, 0.25) is 0 Å². The Bertz CT molecular complexity index is 525. The van der Waals surface area contributed by atoms with Crippen LogP contribution in [0.4, 0.5) is 14.6 Å². The molecule has 1 aromatic heterocycles. The lowest BCUT2D eigenvalue weighted by molar-refractivity contribution is -0.0498. The Kier molecular flexibility index (Phi) is 2.95. The number of aromatic amines is 1. The molecule has 0 aliphatic rings. The van der Waals surface area contributed by atoms with E-state index in [2.05, 4.69) is 14.9 Å². The number of alkyl halides is 2. The summed E-state index contributed by atoms with van der Waals surface area (Å²) < 4.78 is 28.5. The van der Waals surface area contributed by atoms with Crippen LogP contribution < -0.4 is 10.5 Å². The molecule has 0 aliphatic heterocycles. The van der Waals surface area contributed by atoms with Crippen LogP contribution in [0.1, 0.15) is 5.56 Å². The highest BCUT2D eigenvalue weighted by Gasteiger charge is 2.10. The highest BCUT2D eigenvalue weighted by molar-refractivity contribution is 5.68. The van der Waals surface area contributed by atoms with Gasteiger partial charge in [-0.1, -0.05) is 12.1 Å². The first kappa shape index (κ1) is 11.4. The summed E-state index contributed by atoms with van der Waals surface area (Å²) in [6, 6.07) is 6.36. The van der Waals surface area contributed by atoms with Crippen molar-refractivity contribution in [1.29, 1.82) is 0 Å². The minimum absolute atomic E-state index is 0.102. The van der Waals surface area contributed by atoms with E-state index < -0.39 is 6.61 Å². The van der Waals surface area contributed by atoms with Gasteiger partial charge in [-0.25, -0.2) is 0 Å². The maximum Gasteiger partial charge on any atom is 0.387 e. The van der Waals surface area contributed by atoms with Crippen LogP contribution in [0.3, 0.4) is 0 Å². The third-order valence-corrected chi connectivity index (χ3v) is 2.40. The second kappa shape index (κ2) is 4.40. The number of H-pyrrole nitrogens is 1. The fourth-order valence-electron chi connectivity index (χ4n) is 1.52. The van der Waals surface area contributed by atoms with Gasteiger partial charge in [0.2, 0.25) is 0 Å². The summed E-state index contributed by atoms with van der Waals surface area (Å²) in [6.07, 6.45) is 0. The Morgan fingerprint density at radius 1 is 1.41 bits per heavy atom. The smallest absolute Gasteiger partial charge is 0.387 e. The van der Waals surface area contributed by atoms with Gasteiger partial charge in [0, 0.05) is 11.1 Å². The Labute approximate surface area is 96.4 Å². The van der Waals surface area contributed by atoms with Gasteiger partial charge in [0.1, 0.15) is 11.6 Å². The monoisotopic (exact) mass is 239 g/mol. The number of nitrogen functional groups attached to an aromatic ring is 1. The van der Waals surface area contributed by atoms with Gasteiger partial charge >= 0.3 is 6.61 Å². The molecule has 1 heterocycles. The van der Waals surface area contributed by atoms with E-state index in [1.807, 2.05) is 0 Å². The van der Waals surface area contributed by atoms with Crippen molar-refractivity contribution < 1.29 is 13.5 Å². The molecule has 4 nitrogen and oxygen atoms in total. The zero-order valence-electron chi connectivity index (χ0n) is 9.08. The first-order valence-corrected chi connectivity index (χ1v) is 4.93. The van der Waals surface area contributed by atoms with Crippen molar-refractivity contribution in [3.63, 3.8) is 0 Å². The summed E-state index contributed by atoms with van der Waals surface area (Å²) in [4.78, 5) is 0. The summed E-state index contributed by atoms with van der Waals surface area (Å²) in [6.45, 7) is -1.03. The van der Waals surface area contributed by atoms with Crippen molar-refractivity contribution in [3.8, 4) is 17.0 Å². The van der Waals surface area contributed by atoms with E-state index in [1.165, 1.54) is 12.1 Å². The highest BCUT2D eigenvalue weighted by atomic mass is 19.3. The van der Waals surface area contributed by atoms with E-state index in [-0.39, 0.29) is 5.75 Å². The van der Waals surface area contributed by atoms with Crippen LogP contribution in [-0.2, 0) is 0 Å². The fraction of sp³-hybridized carbons (Fsp3) is 0.182. The summed E-state index contributed by atoms with van der Waals surface area (Å²) in [5.41, 5.74) is 7.78. The summed E-state index contributed by atoms with van der Waals surface area (Å²) in [5.74, 6) is 0.491. The SMILES string of the molecule is Cc1c(N)n[nH]c1-c1cccc(OC(F)F)c1. The molecule has 0 saturated heterocycles. The number of rotatable bonds is 3. The number of hydrogen-bond donors (Lipinski definition) is 2. The van der Waals surface area contributed by atoms with Gasteiger partial charge in [-0.05, 0) is 19.1 Å². The molecule has 0 unspecified atom stereocenters. The Morgan fingerprint density at radius 2 is 2.18 bits per heavy atom. The maximum atomic E-state index is 12.1. The van der Waals surface area contributed by atoms with E-state index in [0.717, 1.165) is 5.56 Å². The number of aromatic nitrogens is 2. The van der Waals surface area contributed by atoms with E-state index in [0.29, 0.717) is 17.1 Å². The van der Waals surface area contributed by atoms with E-state index >= 15 is 0 Å². The molecule has 0 bridgehead atoms. The average Bonchev–Trinajstić information content (AvgIpc) is 2.59. The Balaban J connectivity index is 2.36. The molecule has 3 N–H and O–H groups in total. The molecule has 0 amide bonds. The summed E-state index contributed by atoms with van der Waals surface area (Å²) in [7, 11) is 0. The number of nitrogens with one attached hydrogen (secondary N) is 1. The Hall–Kier alpha value is -2.11. The lowest BCUT2D eigenvalue weighted by Crippen LogP contribution is -2.01. The van der Waals surface area contributed by atoms with E-state index in [9.17, 15) is 8.78 Å². The molecule has 0 fully saturated rings. The molecule has 6 heteroatoms. The van der Waals surface area contributed by atoms with Crippen LogP contribution in [0.15, 0.2) is 24.3 Å². The van der Waals surface area contributed by atoms with Gasteiger partial charge in [0.25, 0.3) is 0 Å². The quantitative estimate of drug-likeness (QED) is 0.865. The molecule has 90 valence electrons. The van der Waals surface area contributed by atoms with Crippen LogP contribution in [0.25, 0.3) is 11.3 Å². The molecule has 17 heavy (non-hydrogen) atoms. The number of nitrogens with zero attached hydrogens (tertiary/aromatic N) is 1. The second-order valence-corrected chi connectivity index (χ2v) is 3.52. The van der Waals surface area contributed by atoms with Crippen molar-refractivity contribution >= 4 is 5.82 Å². The van der Waals surface area contributed by atoms with Crippen LogP contribution in [0, 0.1) is 6.92 Å². The third-order valence-electron chi connectivity index (χ3n) is 2.40. The molecular weight excluding hydrogens is 228 g/mol. The minimum Gasteiger partial charge on any atom is -0.435 e. The minimum atomic E-state index is -2.84. The van der Waals surface area contributed by atoms with Gasteiger partial charge in [0.15, 0.2) is 0 Å². The van der Waals surface area contributed by atoms with Gasteiger partial charge in [-0.15, -0.1) is 0 Å². The van der Waals surface area contributed by atoms with Crippen molar-refractivity contribution in [3.05, 3.63) is 29.8 Å². The van der Waals surface area contributed by atoms with E-state index in [1.54, 1.807) is 19.1 Å². The van der Waals surface area contributed by atoms with Crippen LogP contribution >= 0.6 is 0 Å². The molecule has 0 saturated carbocycles. The maximum absolute atomic E-state index is 12.1. The van der Waals surface area contributed by atoms with Gasteiger partial charge in [-0.2, -0.15) is 13.9 Å². The van der Waals surface area contributed by atoms with Gasteiger partial charge < -0.3 is 10.5 Å². The molecule has 2 aromatic rings. The number of nitrogens with two attached hydrogens (primary N) is 1. The normalized spacial score (nSPS) is 10.8. The molecule has 2 rings (SSSR count). The second-order valence-electron chi connectivity index (χ2n) is 3.52. The number of ether oxygens (including phenoxy) is 1. The zero-order chi connectivity index (χ0) is 12.4. The average molecular weight is 239 g/mol. The number of anilines is 1. The Morgan fingerprint density at radius 3 is 2.76 bits per heavy atom. The highest BCUT2D eigenvalue weighted by Crippen LogP contribution is 2.27. The number of hydrogen-bond acceptors (Lipinski definition) is 3. The predicted molar refractivity (Wildman–Crippen MR) is 59.8 cm³/mol. The van der Waals surface area contributed by atoms with Gasteiger partial charge in [0.05, 0.1) is 5.69 Å². The summed E-state index contributed by atoms with van der Waals surface area (Å²) in [5, 5.41) is 6.60. The first-order chi connectivity index (χ1) is 8.08. The molecule has 1 aromatic carbocycles. The third kappa shape index (κ3) is 2.35. The molecular formula is C11H11F2N3O. The molecule has 0 atom stereocenters. The van der Waals surface area contributed by atoms with Crippen molar-refractivity contribution in [2.45, 2.75) is 13.5 Å². The molecule has 0 radical (unpaired) electrons. The zero-order valence-corrected chi connectivity index (χ0v) is 9.08. The lowest BCUT2D eigenvalue weighted by Gasteiger charge is -2.06. The van der Waals surface area contributed by atoms with Gasteiger partial charge in [-0.3, -0.25) is 5.10 Å². The van der Waals surface area contributed by atoms with E-state index in [4.69, 9.17) is 5.73 Å². The fourth-order valence-corrected chi connectivity index (χ4v) is 1.52. The topological polar surface area (TPSA) is 63.9 Å². The van der Waals surface area contributed by atoms with Crippen LogP contribution in [0.5, 0.6) is 5.75 Å². The standard InChI is InChI=1S/C11H11F2N3O/c1-6-9(15-16-10(6)14)7-3-2-4-8(5-7)17-11(12)13/h2-5,11H,1H3,(H3,14,15,16). The van der Waals surface area contributed by atoms with Crippen molar-refractivity contribution in [2.75, 3.05) is 5.73 Å². The van der Waals surface area contributed by atoms with Crippen molar-refractivity contribution in [2.24, 2.45) is 0 Å². The largest absolute Gasteiger partial charge is 0.435 e. The first-order valence-electron chi connectivity index (χ1n) is 4.93. The predicted octanol–water partition coefficient (Wildman–Crippen LogP) is 2.57. The molecule has 0 aliphatic carbocycles. The number of halogens is 2. The summed E-state index contributed by atoms with van der Waals surface area (Å²) >= 11 is 0. The lowest BCUT2D eigenvalue weighted by atomic mass is 10.1.